The van der Waals surface area contributed by atoms with Crippen LogP contribution in [0.15, 0.2) is 0 Å². The number of carbonyl (C=O) groups excluding carboxylic acids is 1. The summed E-state index contributed by atoms with van der Waals surface area (Å²) in [7, 11) is 3.79. The van der Waals surface area contributed by atoms with Crippen molar-refractivity contribution in [2.45, 2.75) is 39.2 Å². The van der Waals surface area contributed by atoms with Gasteiger partial charge in [0, 0.05) is 20.1 Å². The molecular weight excluding hydrogens is 272 g/mol. The van der Waals surface area contributed by atoms with E-state index in [-0.39, 0.29) is 11.9 Å². The average molecular weight is 296 g/mol. The molecule has 1 aliphatic rings. The molecule has 5 nitrogen and oxygen atoms in total. The smallest absolute Gasteiger partial charge is 0.265 e. The van der Waals surface area contributed by atoms with Crippen LogP contribution in [0.5, 0.6) is 0 Å². The number of nitrogen functional groups attached to an aromatic ring is 1. The van der Waals surface area contributed by atoms with Crippen molar-refractivity contribution >= 4 is 28.2 Å². The molecule has 2 rings (SSSR count). The number of thiazole rings is 1. The molecule has 1 aliphatic carbocycles. The van der Waals surface area contributed by atoms with Crippen molar-refractivity contribution in [3.8, 4) is 0 Å². The Labute approximate surface area is 124 Å². The van der Waals surface area contributed by atoms with Gasteiger partial charge in [-0.2, -0.15) is 0 Å². The standard InChI is InChI=1S/C14H24N4OS/c1-8-5-6-10(9(2)7-8)16-13(19)11-12(15)17-14(20-11)18(3)4/h8-10H,5-7,15H2,1-4H3,(H,16,19). The van der Waals surface area contributed by atoms with Gasteiger partial charge < -0.3 is 16.0 Å². The molecule has 0 spiro atoms. The molecule has 112 valence electrons. The Bertz CT molecular complexity index is 486. The van der Waals surface area contributed by atoms with E-state index in [1.165, 1.54) is 24.2 Å². The van der Waals surface area contributed by atoms with Crippen LogP contribution >= 0.6 is 11.3 Å². The molecule has 1 aromatic heterocycles. The molecule has 1 amide bonds. The molecule has 0 aliphatic heterocycles. The monoisotopic (exact) mass is 296 g/mol. The van der Waals surface area contributed by atoms with Gasteiger partial charge in [-0.25, -0.2) is 4.98 Å². The Morgan fingerprint density at radius 1 is 1.40 bits per heavy atom. The fourth-order valence-corrected chi connectivity index (χ4v) is 3.60. The molecule has 1 aromatic rings. The number of hydrogen-bond donors (Lipinski definition) is 2. The van der Waals surface area contributed by atoms with Gasteiger partial charge in [-0.05, 0) is 31.1 Å². The summed E-state index contributed by atoms with van der Waals surface area (Å²) in [6, 6.07) is 0.253. The molecule has 0 aromatic carbocycles. The lowest BCUT2D eigenvalue weighted by molar-refractivity contribution is 0.0904. The summed E-state index contributed by atoms with van der Waals surface area (Å²) in [6.45, 7) is 4.49. The summed E-state index contributed by atoms with van der Waals surface area (Å²) in [5, 5.41) is 3.89. The van der Waals surface area contributed by atoms with Gasteiger partial charge in [0.05, 0.1) is 0 Å². The van der Waals surface area contributed by atoms with Crippen molar-refractivity contribution in [3.05, 3.63) is 4.88 Å². The molecular formula is C14H24N4OS. The summed E-state index contributed by atoms with van der Waals surface area (Å²) in [4.78, 5) is 19.0. The van der Waals surface area contributed by atoms with Crippen molar-refractivity contribution in [2.24, 2.45) is 11.8 Å². The maximum absolute atomic E-state index is 12.4. The van der Waals surface area contributed by atoms with E-state index >= 15 is 0 Å². The maximum atomic E-state index is 12.4. The number of anilines is 2. The summed E-state index contributed by atoms with van der Waals surface area (Å²) in [5.74, 6) is 1.52. The molecule has 0 radical (unpaired) electrons. The van der Waals surface area contributed by atoms with Crippen LogP contribution in [0.2, 0.25) is 0 Å². The number of nitrogens with two attached hydrogens (primary N) is 1. The van der Waals surface area contributed by atoms with Crippen molar-refractivity contribution in [2.75, 3.05) is 24.7 Å². The van der Waals surface area contributed by atoms with E-state index in [1.807, 2.05) is 19.0 Å². The van der Waals surface area contributed by atoms with Crippen molar-refractivity contribution in [1.29, 1.82) is 0 Å². The predicted molar refractivity (Wildman–Crippen MR) is 84.3 cm³/mol. The zero-order valence-electron chi connectivity index (χ0n) is 12.6. The first-order valence-corrected chi connectivity index (χ1v) is 7.94. The van der Waals surface area contributed by atoms with Crippen LogP contribution < -0.4 is 16.0 Å². The summed E-state index contributed by atoms with van der Waals surface area (Å²) in [6.07, 6.45) is 3.40. The molecule has 3 atom stereocenters. The van der Waals surface area contributed by atoms with E-state index in [4.69, 9.17) is 5.73 Å². The van der Waals surface area contributed by atoms with Crippen LogP contribution in [-0.4, -0.2) is 31.0 Å². The second-order valence-corrected chi connectivity index (χ2v) is 7.06. The molecule has 3 N–H and O–H groups in total. The molecule has 1 saturated carbocycles. The van der Waals surface area contributed by atoms with E-state index in [9.17, 15) is 4.79 Å². The number of rotatable bonds is 3. The molecule has 20 heavy (non-hydrogen) atoms. The number of hydrogen-bond acceptors (Lipinski definition) is 5. The summed E-state index contributed by atoms with van der Waals surface area (Å²) < 4.78 is 0. The van der Waals surface area contributed by atoms with Crippen LogP contribution in [0, 0.1) is 11.8 Å². The van der Waals surface area contributed by atoms with Gasteiger partial charge in [0.15, 0.2) is 5.13 Å². The third-order valence-electron chi connectivity index (χ3n) is 3.98. The van der Waals surface area contributed by atoms with Crippen molar-refractivity contribution in [3.63, 3.8) is 0 Å². The third kappa shape index (κ3) is 3.23. The fourth-order valence-electron chi connectivity index (χ4n) is 2.79. The highest BCUT2D eigenvalue weighted by Crippen LogP contribution is 2.30. The van der Waals surface area contributed by atoms with E-state index in [1.54, 1.807) is 0 Å². The quantitative estimate of drug-likeness (QED) is 0.898. The predicted octanol–water partition coefficient (Wildman–Crippen LogP) is 2.35. The zero-order valence-corrected chi connectivity index (χ0v) is 13.5. The van der Waals surface area contributed by atoms with Crippen LogP contribution in [0.4, 0.5) is 10.9 Å². The van der Waals surface area contributed by atoms with Gasteiger partial charge >= 0.3 is 0 Å². The highest BCUT2D eigenvalue weighted by atomic mass is 32.1. The van der Waals surface area contributed by atoms with Gasteiger partial charge in [0.25, 0.3) is 5.91 Å². The first-order chi connectivity index (χ1) is 9.38. The molecule has 1 fully saturated rings. The van der Waals surface area contributed by atoms with Gasteiger partial charge in [-0.1, -0.05) is 25.2 Å². The normalized spacial score (nSPS) is 26.3. The Morgan fingerprint density at radius 2 is 2.10 bits per heavy atom. The number of amides is 1. The Balaban J connectivity index is 2.05. The van der Waals surface area contributed by atoms with Gasteiger partial charge in [-0.3, -0.25) is 4.79 Å². The summed E-state index contributed by atoms with van der Waals surface area (Å²) >= 11 is 1.34. The lowest BCUT2D eigenvalue weighted by Crippen LogP contribution is -2.42. The Kier molecular flexibility index (Phi) is 4.52. The number of aromatic nitrogens is 1. The SMILES string of the molecule is CC1CCC(NC(=O)c2sc(N(C)C)nc2N)C(C)C1. The van der Waals surface area contributed by atoms with E-state index in [0.717, 1.165) is 17.5 Å². The first kappa shape index (κ1) is 15.1. The summed E-state index contributed by atoms with van der Waals surface area (Å²) in [5.41, 5.74) is 5.85. The number of nitrogens with zero attached hydrogens (tertiary/aromatic N) is 2. The molecule has 6 heteroatoms. The molecule has 0 bridgehead atoms. The van der Waals surface area contributed by atoms with Gasteiger partial charge in [0.2, 0.25) is 0 Å². The van der Waals surface area contributed by atoms with E-state index < -0.39 is 0 Å². The van der Waals surface area contributed by atoms with E-state index in [2.05, 4.69) is 24.1 Å². The van der Waals surface area contributed by atoms with Gasteiger partial charge in [0.1, 0.15) is 10.7 Å². The lowest BCUT2D eigenvalue weighted by Gasteiger charge is -2.33. The second kappa shape index (κ2) is 5.99. The minimum atomic E-state index is -0.0838. The van der Waals surface area contributed by atoms with Gasteiger partial charge in [-0.15, -0.1) is 0 Å². The highest BCUT2D eigenvalue weighted by molar-refractivity contribution is 7.18. The largest absolute Gasteiger partial charge is 0.382 e. The van der Waals surface area contributed by atoms with Crippen LogP contribution in [0.1, 0.15) is 42.8 Å². The number of nitrogens with one attached hydrogen (secondary N) is 1. The molecule has 0 saturated heterocycles. The highest BCUT2D eigenvalue weighted by Gasteiger charge is 2.28. The minimum Gasteiger partial charge on any atom is -0.382 e. The Morgan fingerprint density at radius 3 is 2.65 bits per heavy atom. The van der Waals surface area contributed by atoms with E-state index in [0.29, 0.717) is 16.6 Å². The van der Waals surface area contributed by atoms with Crippen LogP contribution in [0.3, 0.4) is 0 Å². The number of carbonyl (C=O) groups is 1. The lowest BCUT2D eigenvalue weighted by atomic mass is 9.80. The molecule has 3 unspecified atom stereocenters. The Hall–Kier alpha value is -1.30. The average Bonchev–Trinajstić information content (AvgIpc) is 2.75. The van der Waals surface area contributed by atoms with Crippen LogP contribution in [-0.2, 0) is 0 Å². The van der Waals surface area contributed by atoms with Crippen molar-refractivity contribution in [1.82, 2.24) is 10.3 Å². The minimum absolute atomic E-state index is 0.0838. The topological polar surface area (TPSA) is 71.2 Å². The second-order valence-electron chi connectivity index (χ2n) is 6.08. The first-order valence-electron chi connectivity index (χ1n) is 7.13. The van der Waals surface area contributed by atoms with Crippen LogP contribution in [0.25, 0.3) is 0 Å². The zero-order chi connectivity index (χ0) is 14.9. The molecule has 1 heterocycles. The van der Waals surface area contributed by atoms with Crippen molar-refractivity contribution < 1.29 is 4.79 Å². The third-order valence-corrected chi connectivity index (χ3v) is 5.22. The maximum Gasteiger partial charge on any atom is 0.265 e. The fraction of sp³-hybridized carbons (Fsp3) is 0.714.